The second kappa shape index (κ2) is 3.71. The van der Waals surface area contributed by atoms with Crippen LogP contribution in [0.2, 0.25) is 0 Å². The molecule has 2 atom stereocenters. The van der Waals surface area contributed by atoms with Crippen molar-refractivity contribution >= 4 is 31.9 Å². The normalized spacial score (nSPS) is 26.1. The molecular weight excluding hydrogens is 296 g/mol. The lowest BCUT2D eigenvalue weighted by molar-refractivity contribution is 0.274. The van der Waals surface area contributed by atoms with Crippen LogP contribution in [0.1, 0.15) is 17.9 Å². The maximum absolute atomic E-state index is 8.94. The molecule has 13 heavy (non-hydrogen) atoms. The Morgan fingerprint density at radius 3 is 2.62 bits per heavy atom. The summed E-state index contributed by atoms with van der Waals surface area (Å²) >= 11 is 6.91. The summed E-state index contributed by atoms with van der Waals surface area (Å²) in [6.07, 6.45) is 1.13. The molecule has 1 aromatic rings. The third-order valence-corrected chi connectivity index (χ3v) is 4.41. The number of aliphatic hydroxyl groups is 1. The number of rotatable bonds is 2. The number of halogens is 2. The third kappa shape index (κ3) is 1.97. The van der Waals surface area contributed by atoms with E-state index in [1.54, 1.807) is 0 Å². The minimum atomic E-state index is 0.318. The van der Waals surface area contributed by atoms with Crippen LogP contribution in [-0.2, 0) is 0 Å². The summed E-state index contributed by atoms with van der Waals surface area (Å²) in [7, 11) is 0. The van der Waals surface area contributed by atoms with E-state index in [1.165, 1.54) is 5.56 Å². The molecular formula is C10H10Br2O. The fourth-order valence-corrected chi connectivity index (χ4v) is 2.24. The molecule has 70 valence electrons. The van der Waals surface area contributed by atoms with Gasteiger partial charge < -0.3 is 5.11 Å². The highest BCUT2D eigenvalue weighted by atomic mass is 79.9. The Bertz CT molecular complexity index is 325. The average molecular weight is 306 g/mol. The van der Waals surface area contributed by atoms with Crippen molar-refractivity contribution in [1.29, 1.82) is 0 Å². The summed E-state index contributed by atoms with van der Waals surface area (Å²) in [5.74, 6) is 1.07. The summed E-state index contributed by atoms with van der Waals surface area (Å²) in [6.45, 7) is 0.318. The van der Waals surface area contributed by atoms with E-state index in [0.29, 0.717) is 18.4 Å². The standard InChI is InChI=1S/C10H10Br2O/c11-9-2-1-6(4-10(9)12)8-3-7(8)5-13/h1-2,4,7-8,13H,3,5H2. The lowest BCUT2D eigenvalue weighted by Crippen LogP contribution is -1.88. The molecule has 2 unspecified atom stereocenters. The zero-order chi connectivity index (χ0) is 9.42. The first kappa shape index (κ1) is 9.69. The predicted molar refractivity (Wildman–Crippen MR) is 59.8 cm³/mol. The highest BCUT2D eigenvalue weighted by molar-refractivity contribution is 9.13. The van der Waals surface area contributed by atoms with Crippen LogP contribution in [0, 0.1) is 5.92 Å². The van der Waals surface area contributed by atoms with Gasteiger partial charge in [0.05, 0.1) is 0 Å². The quantitative estimate of drug-likeness (QED) is 0.889. The molecule has 1 aromatic carbocycles. The van der Waals surface area contributed by atoms with Gasteiger partial charge in [-0.3, -0.25) is 0 Å². The first-order valence-corrected chi connectivity index (χ1v) is 5.86. The monoisotopic (exact) mass is 304 g/mol. The van der Waals surface area contributed by atoms with Gasteiger partial charge in [0.2, 0.25) is 0 Å². The molecule has 0 aliphatic heterocycles. The van der Waals surface area contributed by atoms with Crippen LogP contribution in [0.4, 0.5) is 0 Å². The van der Waals surface area contributed by atoms with Gasteiger partial charge in [0, 0.05) is 15.6 Å². The van der Waals surface area contributed by atoms with Crippen LogP contribution in [0.3, 0.4) is 0 Å². The van der Waals surface area contributed by atoms with Gasteiger partial charge in [-0.2, -0.15) is 0 Å². The van der Waals surface area contributed by atoms with Gasteiger partial charge in [0.15, 0.2) is 0 Å². The van der Waals surface area contributed by atoms with E-state index in [9.17, 15) is 0 Å². The van der Waals surface area contributed by atoms with Crippen molar-refractivity contribution in [3.8, 4) is 0 Å². The second-order valence-electron chi connectivity index (χ2n) is 3.46. The molecule has 1 aliphatic rings. The van der Waals surface area contributed by atoms with Gasteiger partial charge >= 0.3 is 0 Å². The van der Waals surface area contributed by atoms with E-state index in [2.05, 4.69) is 44.0 Å². The highest BCUT2D eigenvalue weighted by Gasteiger charge is 2.37. The van der Waals surface area contributed by atoms with Crippen LogP contribution < -0.4 is 0 Å². The predicted octanol–water partition coefficient (Wildman–Crippen LogP) is 3.31. The molecule has 1 fully saturated rings. The summed E-state index contributed by atoms with van der Waals surface area (Å²) in [6, 6.07) is 6.30. The smallest absolute Gasteiger partial charge is 0.0465 e. The number of hydrogen-bond donors (Lipinski definition) is 1. The minimum absolute atomic E-state index is 0.318. The molecule has 0 radical (unpaired) electrons. The van der Waals surface area contributed by atoms with E-state index in [0.717, 1.165) is 15.4 Å². The SMILES string of the molecule is OCC1CC1c1ccc(Br)c(Br)c1. The summed E-state index contributed by atoms with van der Waals surface area (Å²) in [4.78, 5) is 0. The first-order valence-electron chi connectivity index (χ1n) is 4.28. The molecule has 1 N–H and O–H groups in total. The molecule has 1 nitrogen and oxygen atoms in total. The van der Waals surface area contributed by atoms with Crippen LogP contribution in [0.25, 0.3) is 0 Å². The molecule has 0 aromatic heterocycles. The maximum atomic E-state index is 8.94. The molecule has 0 heterocycles. The highest BCUT2D eigenvalue weighted by Crippen LogP contribution is 2.47. The van der Waals surface area contributed by atoms with Crippen molar-refractivity contribution < 1.29 is 5.11 Å². The van der Waals surface area contributed by atoms with Crippen LogP contribution in [0.5, 0.6) is 0 Å². The van der Waals surface area contributed by atoms with Crippen LogP contribution >= 0.6 is 31.9 Å². The number of aliphatic hydroxyl groups excluding tert-OH is 1. The fraction of sp³-hybridized carbons (Fsp3) is 0.400. The van der Waals surface area contributed by atoms with Gasteiger partial charge in [0.25, 0.3) is 0 Å². The van der Waals surface area contributed by atoms with Crippen LogP contribution in [0.15, 0.2) is 27.1 Å². The summed E-state index contributed by atoms with van der Waals surface area (Å²) in [5.41, 5.74) is 1.33. The fourth-order valence-electron chi connectivity index (χ4n) is 1.60. The second-order valence-corrected chi connectivity index (χ2v) is 5.17. The minimum Gasteiger partial charge on any atom is -0.396 e. The van der Waals surface area contributed by atoms with E-state index < -0.39 is 0 Å². The number of benzene rings is 1. The Morgan fingerprint density at radius 2 is 2.08 bits per heavy atom. The molecule has 0 spiro atoms. The van der Waals surface area contributed by atoms with E-state index in [-0.39, 0.29) is 0 Å². The zero-order valence-corrected chi connectivity index (χ0v) is 10.2. The maximum Gasteiger partial charge on any atom is 0.0465 e. The van der Waals surface area contributed by atoms with Gasteiger partial charge in [-0.25, -0.2) is 0 Å². The van der Waals surface area contributed by atoms with Crippen molar-refractivity contribution in [3.05, 3.63) is 32.7 Å². The third-order valence-electron chi connectivity index (χ3n) is 2.53. The molecule has 1 aliphatic carbocycles. The lowest BCUT2D eigenvalue weighted by atomic mass is 10.1. The van der Waals surface area contributed by atoms with Gasteiger partial charge in [-0.15, -0.1) is 0 Å². The van der Waals surface area contributed by atoms with Gasteiger partial charge in [-0.05, 0) is 67.8 Å². The first-order chi connectivity index (χ1) is 6.22. The summed E-state index contributed by atoms with van der Waals surface area (Å²) in [5, 5.41) is 8.94. The van der Waals surface area contributed by atoms with Crippen LogP contribution in [-0.4, -0.2) is 11.7 Å². The Labute approximate surface area is 94.4 Å². The van der Waals surface area contributed by atoms with E-state index >= 15 is 0 Å². The molecule has 0 bridgehead atoms. The molecule has 1 saturated carbocycles. The Kier molecular flexibility index (Phi) is 2.77. The average Bonchev–Trinajstić information content (AvgIpc) is 2.88. The van der Waals surface area contributed by atoms with Crippen molar-refractivity contribution in [2.45, 2.75) is 12.3 Å². The Balaban J connectivity index is 2.19. The molecule has 0 saturated heterocycles. The topological polar surface area (TPSA) is 20.2 Å². The lowest BCUT2D eigenvalue weighted by Gasteiger charge is -2.01. The van der Waals surface area contributed by atoms with Crippen molar-refractivity contribution in [2.75, 3.05) is 6.61 Å². The van der Waals surface area contributed by atoms with Crippen molar-refractivity contribution in [2.24, 2.45) is 5.92 Å². The molecule has 2 rings (SSSR count). The summed E-state index contributed by atoms with van der Waals surface area (Å²) < 4.78 is 2.17. The Morgan fingerprint density at radius 1 is 1.31 bits per heavy atom. The largest absolute Gasteiger partial charge is 0.396 e. The van der Waals surface area contributed by atoms with Gasteiger partial charge in [0.1, 0.15) is 0 Å². The van der Waals surface area contributed by atoms with Crippen molar-refractivity contribution in [1.82, 2.24) is 0 Å². The molecule has 0 amide bonds. The zero-order valence-electron chi connectivity index (χ0n) is 7.00. The van der Waals surface area contributed by atoms with Crippen molar-refractivity contribution in [3.63, 3.8) is 0 Å². The van der Waals surface area contributed by atoms with E-state index in [1.807, 2.05) is 6.07 Å². The van der Waals surface area contributed by atoms with Gasteiger partial charge in [-0.1, -0.05) is 6.07 Å². The Hall–Kier alpha value is 0.140. The van der Waals surface area contributed by atoms with E-state index in [4.69, 9.17) is 5.11 Å². The number of hydrogen-bond acceptors (Lipinski definition) is 1. The molecule has 3 heteroatoms.